The van der Waals surface area contributed by atoms with Crippen LogP contribution in [-0.2, 0) is 6.61 Å². The molecule has 1 N–H and O–H groups in total. The predicted molar refractivity (Wildman–Crippen MR) is 119 cm³/mol. The molecule has 0 radical (unpaired) electrons. The first-order chi connectivity index (χ1) is 14.7. The fraction of sp³-hybridized carbons (Fsp3) is 0.0455. The summed E-state index contributed by atoms with van der Waals surface area (Å²) in [5.74, 6) is 1.40. The Balaban J connectivity index is 1.44. The molecule has 0 aliphatic heterocycles. The molecule has 0 aliphatic carbocycles. The summed E-state index contributed by atoms with van der Waals surface area (Å²) in [6.45, 7) is 0.514. The molecule has 5 rings (SSSR count). The third kappa shape index (κ3) is 3.60. The Morgan fingerprint density at radius 3 is 2.63 bits per heavy atom. The van der Waals surface area contributed by atoms with Crippen molar-refractivity contribution in [1.82, 2.24) is 24.1 Å². The quantitative estimate of drug-likeness (QED) is 0.373. The smallest absolute Gasteiger partial charge is 0.200 e. The number of imidazole rings is 1. The lowest BCUT2D eigenvalue weighted by Crippen LogP contribution is -1.99. The first-order valence-corrected chi connectivity index (χ1v) is 10.1. The van der Waals surface area contributed by atoms with Crippen molar-refractivity contribution in [3.63, 3.8) is 0 Å². The van der Waals surface area contributed by atoms with Crippen molar-refractivity contribution in [1.29, 1.82) is 0 Å². The summed E-state index contributed by atoms with van der Waals surface area (Å²) < 4.78 is 10.1. The van der Waals surface area contributed by atoms with Gasteiger partial charge in [-0.2, -0.15) is 5.10 Å². The second-order valence-corrected chi connectivity index (χ2v) is 7.52. The molecule has 3 heterocycles. The molecule has 0 saturated heterocycles. The van der Waals surface area contributed by atoms with E-state index in [1.165, 1.54) is 0 Å². The standard InChI is InChI=1S/C22H16ClN5OS/c23-16-10-11-27-13-19(24-20(27)12-16)21-25-26-22(30)28(21)17-6-8-18(9-7-17)29-14-15-4-2-1-3-5-15/h1-13H,14H2,(H,26,30). The van der Waals surface area contributed by atoms with Gasteiger partial charge in [0.25, 0.3) is 0 Å². The molecule has 0 saturated carbocycles. The van der Waals surface area contributed by atoms with Crippen LogP contribution in [0.15, 0.2) is 79.1 Å². The molecule has 30 heavy (non-hydrogen) atoms. The highest BCUT2D eigenvalue weighted by atomic mass is 35.5. The Kier molecular flexibility index (Phi) is 4.82. The molecular weight excluding hydrogens is 418 g/mol. The number of H-pyrrole nitrogens is 1. The number of rotatable bonds is 5. The fourth-order valence-electron chi connectivity index (χ4n) is 3.21. The van der Waals surface area contributed by atoms with E-state index in [0.29, 0.717) is 27.9 Å². The summed E-state index contributed by atoms with van der Waals surface area (Å²) in [4.78, 5) is 4.63. The zero-order valence-electron chi connectivity index (χ0n) is 15.7. The summed E-state index contributed by atoms with van der Waals surface area (Å²) in [6.07, 6.45) is 3.75. The van der Waals surface area contributed by atoms with Crippen molar-refractivity contribution in [2.24, 2.45) is 0 Å². The van der Waals surface area contributed by atoms with Gasteiger partial charge in [-0.05, 0) is 48.1 Å². The number of halogens is 1. The zero-order valence-corrected chi connectivity index (χ0v) is 17.3. The van der Waals surface area contributed by atoms with Crippen molar-refractivity contribution in [2.75, 3.05) is 0 Å². The number of hydrogen-bond acceptors (Lipinski definition) is 4. The highest BCUT2D eigenvalue weighted by Crippen LogP contribution is 2.24. The molecule has 0 amide bonds. The number of nitrogens with one attached hydrogen (secondary N) is 1. The summed E-state index contributed by atoms with van der Waals surface area (Å²) in [6, 6.07) is 21.4. The van der Waals surface area contributed by atoms with Crippen LogP contribution in [-0.4, -0.2) is 24.1 Å². The van der Waals surface area contributed by atoms with Gasteiger partial charge in [0, 0.05) is 23.5 Å². The average Bonchev–Trinajstić information content (AvgIpc) is 3.36. The van der Waals surface area contributed by atoms with E-state index in [-0.39, 0.29) is 0 Å². The van der Waals surface area contributed by atoms with Crippen LogP contribution in [0.3, 0.4) is 0 Å². The predicted octanol–water partition coefficient (Wildman–Crippen LogP) is 5.48. The van der Waals surface area contributed by atoms with Crippen molar-refractivity contribution < 1.29 is 4.74 Å². The molecule has 0 spiro atoms. The molecule has 0 unspecified atom stereocenters. The van der Waals surface area contributed by atoms with Gasteiger partial charge in [0.05, 0.1) is 5.69 Å². The van der Waals surface area contributed by atoms with Gasteiger partial charge in [0.1, 0.15) is 23.7 Å². The van der Waals surface area contributed by atoms with Crippen LogP contribution in [0.5, 0.6) is 5.75 Å². The molecule has 2 aromatic carbocycles. The van der Waals surface area contributed by atoms with Crippen molar-refractivity contribution in [3.05, 3.63) is 94.5 Å². The number of aromatic nitrogens is 5. The van der Waals surface area contributed by atoms with Gasteiger partial charge in [0.2, 0.25) is 0 Å². The molecule has 0 aliphatic rings. The van der Waals surface area contributed by atoms with Gasteiger partial charge in [-0.3, -0.25) is 9.67 Å². The van der Waals surface area contributed by atoms with Gasteiger partial charge in [-0.25, -0.2) is 4.98 Å². The third-order valence-corrected chi connectivity index (χ3v) is 5.18. The maximum Gasteiger partial charge on any atom is 0.200 e. The molecular formula is C22H16ClN5OS. The van der Waals surface area contributed by atoms with Crippen LogP contribution in [0, 0.1) is 4.77 Å². The Morgan fingerprint density at radius 1 is 1.03 bits per heavy atom. The van der Waals surface area contributed by atoms with Crippen molar-refractivity contribution >= 4 is 29.5 Å². The van der Waals surface area contributed by atoms with Crippen LogP contribution in [0.2, 0.25) is 5.02 Å². The normalized spacial score (nSPS) is 11.1. The van der Waals surface area contributed by atoms with Crippen LogP contribution in [0.4, 0.5) is 0 Å². The van der Waals surface area contributed by atoms with Crippen molar-refractivity contribution in [3.8, 4) is 23.0 Å². The van der Waals surface area contributed by atoms with Crippen LogP contribution in [0.25, 0.3) is 22.9 Å². The topological polar surface area (TPSA) is 60.1 Å². The number of benzene rings is 2. The zero-order chi connectivity index (χ0) is 20.5. The molecule has 0 bridgehead atoms. The number of fused-ring (bicyclic) bond motifs is 1. The van der Waals surface area contributed by atoms with Crippen LogP contribution in [0.1, 0.15) is 5.56 Å². The number of aromatic amines is 1. The van der Waals surface area contributed by atoms with Gasteiger partial charge in [0.15, 0.2) is 10.6 Å². The van der Waals surface area contributed by atoms with E-state index in [1.54, 1.807) is 6.07 Å². The largest absolute Gasteiger partial charge is 0.489 e. The highest BCUT2D eigenvalue weighted by molar-refractivity contribution is 7.71. The van der Waals surface area contributed by atoms with E-state index in [2.05, 4.69) is 15.2 Å². The second kappa shape index (κ2) is 7.78. The summed E-state index contributed by atoms with van der Waals surface area (Å²) in [5, 5.41) is 7.87. The summed E-state index contributed by atoms with van der Waals surface area (Å²) in [5.41, 5.74) is 3.41. The van der Waals surface area contributed by atoms with Crippen molar-refractivity contribution in [2.45, 2.75) is 6.61 Å². The lowest BCUT2D eigenvalue weighted by molar-refractivity contribution is 0.306. The molecule has 3 aromatic heterocycles. The number of pyridine rings is 1. The molecule has 148 valence electrons. The molecule has 8 heteroatoms. The number of ether oxygens (including phenoxy) is 1. The van der Waals surface area contributed by atoms with Crippen LogP contribution >= 0.6 is 23.8 Å². The highest BCUT2D eigenvalue weighted by Gasteiger charge is 2.14. The first kappa shape index (κ1) is 18.6. The Hall–Kier alpha value is -3.42. The molecule has 6 nitrogen and oxygen atoms in total. The Bertz CT molecular complexity index is 1370. The second-order valence-electron chi connectivity index (χ2n) is 6.69. The minimum absolute atomic E-state index is 0.484. The summed E-state index contributed by atoms with van der Waals surface area (Å²) >= 11 is 11.5. The van der Waals surface area contributed by atoms with Gasteiger partial charge in [-0.1, -0.05) is 41.9 Å². The van der Waals surface area contributed by atoms with E-state index in [9.17, 15) is 0 Å². The SMILES string of the molecule is S=c1[nH]nc(-c2cn3ccc(Cl)cc3n2)n1-c1ccc(OCc2ccccc2)cc1. The molecule has 0 fully saturated rings. The maximum absolute atomic E-state index is 6.08. The average molecular weight is 434 g/mol. The third-order valence-electron chi connectivity index (χ3n) is 4.67. The lowest BCUT2D eigenvalue weighted by Gasteiger charge is -2.09. The lowest BCUT2D eigenvalue weighted by atomic mass is 10.2. The first-order valence-electron chi connectivity index (χ1n) is 9.26. The van der Waals surface area contributed by atoms with E-state index in [0.717, 1.165) is 22.6 Å². The van der Waals surface area contributed by atoms with Gasteiger partial charge < -0.3 is 9.14 Å². The maximum atomic E-state index is 6.08. The van der Waals surface area contributed by atoms with E-state index >= 15 is 0 Å². The summed E-state index contributed by atoms with van der Waals surface area (Å²) in [7, 11) is 0. The van der Waals surface area contributed by atoms with Crippen LogP contribution < -0.4 is 4.74 Å². The van der Waals surface area contributed by atoms with E-state index in [1.807, 2.05) is 82.0 Å². The van der Waals surface area contributed by atoms with Gasteiger partial charge >= 0.3 is 0 Å². The Morgan fingerprint density at radius 2 is 1.83 bits per heavy atom. The minimum Gasteiger partial charge on any atom is -0.489 e. The van der Waals surface area contributed by atoms with E-state index in [4.69, 9.17) is 28.6 Å². The molecule has 0 atom stereocenters. The monoisotopic (exact) mass is 433 g/mol. The van der Waals surface area contributed by atoms with E-state index < -0.39 is 0 Å². The molecule has 5 aromatic rings. The number of hydrogen-bond donors (Lipinski definition) is 1. The van der Waals surface area contributed by atoms with Gasteiger partial charge in [-0.15, -0.1) is 0 Å². The number of nitrogens with zero attached hydrogens (tertiary/aromatic N) is 4. The minimum atomic E-state index is 0.484. The fourth-order valence-corrected chi connectivity index (χ4v) is 3.60. The Labute approximate surface area is 182 Å².